The molecule has 18 aromatic rings. The van der Waals surface area contributed by atoms with Crippen LogP contribution in [-0.2, 0) is 43.3 Å². The van der Waals surface area contributed by atoms with Crippen molar-refractivity contribution in [2.45, 2.75) is 209 Å². The molecule has 3 aromatic heterocycles. The van der Waals surface area contributed by atoms with Crippen LogP contribution in [0.2, 0.25) is 0 Å². The normalized spacial score (nSPS) is 17.2. The highest BCUT2D eigenvalue weighted by atomic mass is 15.2. The number of para-hydroxylation sites is 6. The Labute approximate surface area is 806 Å². The topological polar surface area (TPSA) is 21.3 Å². The maximum Gasteiger partial charge on any atom is 0.252 e. The molecule has 0 saturated heterocycles. The maximum atomic E-state index is 12.0. The monoisotopic (exact) mass is 1700 g/mol. The number of benzene rings is 15. The van der Waals surface area contributed by atoms with Gasteiger partial charge in [0.1, 0.15) is 0 Å². The van der Waals surface area contributed by atoms with Gasteiger partial charge in [-0.2, -0.15) is 0 Å². The summed E-state index contributed by atoms with van der Waals surface area (Å²) < 4.78 is 343. The van der Waals surface area contributed by atoms with Gasteiger partial charge in [0.15, 0.2) is 0 Å². The Hall–Kier alpha value is -12.6. The van der Waals surface area contributed by atoms with Gasteiger partial charge in [-0.3, -0.25) is 0 Å². The van der Waals surface area contributed by atoms with Gasteiger partial charge >= 0.3 is 0 Å². The Balaban J connectivity index is 1.17. The van der Waals surface area contributed by atoms with Crippen molar-refractivity contribution in [3.05, 3.63) is 347 Å². The lowest BCUT2D eigenvalue weighted by molar-refractivity contribution is 0.569. The molecule has 5 heterocycles. The average molecular weight is 1700 g/mol. The highest BCUT2D eigenvalue weighted by Crippen LogP contribution is 2.58. The summed E-state index contributed by atoms with van der Waals surface area (Å²) in [4.78, 5) is 3.56. The molecule has 0 fully saturated rings. The Morgan fingerprint density at radius 3 is 0.984 bits per heavy atom. The van der Waals surface area contributed by atoms with Crippen LogP contribution in [0.4, 0.5) is 34.1 Å². The molecule has 20 rings (SSSR count). The predicted molar refractivity (Wildman–Crippen MR) is 555 cm³/mol. The molecular formula is C122H122BN5. The van der Waals surface area contributed by atoms with E-state index in [1.165, 1.54) is 19.8 Å². The minimum absolute atomic E-state index is 0.0136. The van der Waals surface area contributed by atoms with Crippen LogP contribution in [0.3, 0.4) is 0 Å². The number of nitrogens with zero attached hydrogens (tertiary/aromatic N) is 5. The molecule has 6 heteroatoms. The third kappa shape index (κ3) is 13.9. The highest BCUT2D eigenvalue weighted by Gasteiger charge is 2.48. The first-order chi connectivity index (χ1) is 74.3. The quantitative estimate of drug-likeness (QED) is 0.134. The molecule has 2 aliphatic heterocycles. The molecule has 0 amide bonds. The lowest BCUT2D eigenvalue weighted by Gasteiger charge is -2.46. The summed E-state index contributed by atoms with van der Waals surface area (Å²) in [6.45, 7) is 44.4. The van der Waals surface area contributed by atoms with Gasteiger partial charge in [0.05, 0.1) is 95.4 Å². The summed E-state index contributed by atoms with van der Waals surface area (Å²) in [5, 5.41) is -2.11. The van der Waals surface area contributed by atoms with E-state index in [9.17, 15) is 45.2 Å². The lowest BCUT2D eigenvalue weighted by atomic mass is 9.33. The third-order valence-electron chi connectivity index (χ3n) is 25.2. The largest absolute Gasteiger partial charge is 0.310 e. The zero-order chi connectivity index (χ0) is 119. The average Bonchev–Trinajstić information content (AvgIpc) is 1.29. The van der Waals surface area contributed by atoms with Crippen molar-refractivity contribution in [1.82, 2.24) is 13.7 Å². The second kappa shape index (κ2) is 29.5. The van der Waals surface area contributed by atoms with Gasteiger partial charge in [-0.05, 0) is 223 Å². The van der Waals surface area contributed by atoms with E-state index in [0.717, 1.165) is 22.3 Å². The van der Waals surface area contributed by atoms with Crippen molar-refractivity contribution in [2.75, 3.05) is 9.80 Å². The molecule has 15 aromatic carbocycles. The smallest absolute Gasteiger partial charge is 0.252 e. The Kier molecular flexibility index (Phi) is 12.4. The molecule has 0 bridgehead atoms. The summed E-state index contributed by atoms with van der Waals surface area (Å²) in [5.74, 6) is 0. The van der Waals surface area contributed by atoms with Crippen molar-refractivity contribution < 1.29 is 45.2 Å². The first-order valence-electron chi connectivity index (χ1n) is 60.3. The second-order valence-corrected chi connectivity index (χ2v) is 42.6. The van der Waals surface area contributed by atoms with E-state index in [2.05, 4.69) is 113 Å². The summed E-state index contributed by atoms with van der Waals surface area (Å²) in [6.07, 6.45) is 0. The zero-order valence-corrected chi connectivity index (χ0v) is 77.1. The molecule has 0 saturated carbocycles. The molecule has 2 aliphatic rings. The van der Waals surface area contributed by atoms with E-state index < -0.39 is 293 Å². The van der Waals surface area contributed by atoms with Gasteiger partial charge in [0.2, 0.25) is 0 Å². The van der Waals surface area contributed by atoms with Crippen LogP contribution in [-0.4, -0.2) is 20.4 Å². The summed E-state index contributed by atoms with van der Waals surface area (Å²) in [7, 11) is 0. The minimum atomic E-state index is -1.50. The number of fused-ring (bicyclic) bond motifs is 13. The van der Waals surface area contributed by atoms with Gasteiger partial charge < -0.3 is 23.5 Å². The summed E-state index contributed by atoms with van der Waals surface area (Å²) >= 11 is 0. The van der Waals surface area contributed by atoms with Crippen LogP contribution in [0, 0.1) is 0 Å². The fraction of sp³-hybridized carbons (Fsp3) is 0.262. The van der Waals surface area contributed by atoms with Crippen molar-refractivity contribution in [2.24, 2.45) is 0 Å². The van der Waals surface area contributed by atoms with Gasteiger partial charge in [0.25, 0.3) is 6.71 Å². The SMILES string of the molecule is [2H]c1c([2H])c(C(C)(C)C)c([2H])c([2H])c1-c1c([2H])c(C(C)(C)C)c([2H])c(-c2c([2H])c(C(C)(C)C)c([2H])c([2H])c2C(C)(C)C)c1N1c2cc(-n3c4c([2H])c([2H])c([2H])c([2H])c4c4c([2H])c([2H])c([2H])c([2H])c43)ccc2B2c3ccc(-n4c5c([2H])c([2H])c([2H])c([2H])c5c5c([2H])c([2H])c([2H])c([2H])c54)cc3N(c3c(-c4cc(C(C)(C)C)cc(C(C)(C)C)c4)cc(C(C)(C)C)cc3-c3ccccc3C(C)(C)C)c3cc(-n4c5c([2H])c([2H])c([2H])c([2H])c5c5c([2H])c([2H])c([2H])c([2H])c54)cc1c32. The lowest BCUT2D eigenvalue weighted by Crippen LogP contribution is -2.61. The fourth-order valence-corrected chi connectivity index (χ4v) is 18.5. The van der Waals surface area contributed by atoms with Crippen molar-refractivity contribution >= 4 is 123 Å². The van der Waals surface area contributed by atoms with E-state index in [-0.39, 0.29) is 128 Å². The molecule has 0 atom stereocenters. The minimum Gasteiger partial charge on any atom is -0.310 e. The number of aromatic nitrogens is 3. The number of rotatable bonds is 9. The van der Waals surface area contributed by atoms with E-state index in [0.29, 0.717) is 27.9 Å². The third-order valence-corrected chi connectivity index (χ3v) is 25.2. The number of anilines is 6. The Bertz CT molecular complexity index is 9420. The van der Waals surface area contributed by atoms with Gasteiger partial charge in [-0.1, -0.05) is 372 Å². The van der Waals surface area contributed by atoms with Crippen LogP contribution in [0.25, 0.3) is 127 Å². The van der Waals surface area contributed by atoms with Crippen molar-refractivity contribution in [3.8, 4) is 61.6 Å². The standard InChI is InChI=1S/C122H122BN5/c1-115(2,3)77-55-53-75(54-56-77)93-67-81(119(13,14)15)70-97(95-66-78(116(4,5)6)57-60-99(95)122(22,23)24)113(93)127-108-71-83(124-102-47-33-26-40-87(102)88-41-27-34-48-103(88)124)58-61-100(108)123-101-62-59-84(125-104-49-35-28-42-89(104)90-43-29-36-50-105(90)125)72-109(101)128(111-74-85(73-110(127)112(111)123)126-106-51-37-30-44-91(106)92-45-31-38-52-107(92)126)114-94(76-63-79(117(7,8)9)65-80(64-76)118(10,11)12)68-82(120(16,17)18)69-96(114)86-39-25-32-46-98(86)121(19,20)21/h25-74H,1-24H3/i26D,27D,28D,29D,30D,31D,33D,34D,35D,36D,37D,38D,40D,41D,42D,43D,44D,45D,47D,48D,49D,50D,51D,52D,53D,54D,55D,56D,57D,60D,66D,67D,70D. The first-order valence-corrected chi connectivity index (χ1v) is 43.8. The fourth-order valence-electron chi connectivity index (χ4n) is 18.5. The Morgan fingerprint density at radius 1 is 0.234 bits per heavy atom. The van der Waals surface area contributed by atoms with E-state index >= 15 is 0 Å². The molecule has 638 valence electrons. The summed E-state index contributed by atoms with van der Waals surface area (Å²) in [5.41, 5.74) is -6.95. The van der Waals surface area contributed by atoms with Crippen LogP contribution < -0.4 is 26.2 Å². The molecular weight excluding hydrogens is 1550 g/mol. The predicted octanol–water partition coefficient (Wildman–Crippen LogP) is 32.1. The molecule has 128 heavy (non-hydrogen) atoms. The van der Waals surface area contributed by atoms with Crippen molar-refractivity contribution in [1.29, 1.82) is 0 Å². The van der Waals surface area contributed by atoms with E-state index in [1.54, 1.807) is 130 Å². The maximum absolute atomic E-state index is 12.0. The summed E-state index contributed by atoms with van der Waals surface area (Å²) in [6, 6.07) is 8.53. The van der Waals surface area contributed by atoms with E-state index in [1.807, 2.05) is 29.2 Å². The first kappa shape index (κ1) is 53.9. The van der Waals surface area contributed by atoms with Gasteiger partial charge in [-0.25, -0.2) is 0 Å². The van der Waals surface area contributed by atoms with Crippen LogP contribution in [0.15, 0.2) is 303 Å². The van der Waals surface area contributed by atoms with E-state index in [4.69, 9.17) is 0 Å². The zero-order valence-electron chi connectivity index (χ0n) is 110. The highest BCUT2D eigenvalue weighted by molar-refractivity contribution is 7.00. The Morgan fingerprint density at radius 2 is 0.578 bits per heavy atom. The van der Waals surface area contributed by atoms with Crippen LogP contribution in [0.1, 0.15) is 256 Å². The molecule has 5 nitrogen and oxygen atoms in total. The van der Waals surface area contributed by atoms with Gasteiger partial charge in [-0.15, -0.1) is 0 Å². The number of hydrogen-bond acceptors (Lipinski definition) is 2. The molecule has 0 aliphatic carbocycles. The van der Waals surface area contributed by atoms with Crippen LogP contribution in [0.5, 0.6) is 0 Å². The molecule has 0 unspecified atom stereocenters. The number of hydrogen-bond donors (Lipinski definition) is 0. The second-order valence-electron chi connectivity index (χ2n) is 42.6. The molecule has 0 N–H and O–H groups in total. The van der Waals surface area contributed by atoms with Crippen molar-refractivity contribution in [3.63, 3.8) is 0 Å². The molecule has 0 radical (unpaired) electrons. The van der Waals surface area contributed by atoms with Gasteiger partial charge in [0, 0.05) is 88.7 Å². The molecule has 0 spiro atoms. The van der Waals surface area contributed by atoms with Crippen LogP contribution >= 0.6 is 0 Å².